The van der Waals surface area contributed by atoms with Crippen molar-refractivity contribution in [1.29, 1.82) is 0 Å². The van der Waals surface area contributed by atoms with Gasteiger partial charge in [0.25, 0.3) is 10.0 Å². The Kier molecular flexibility index (Phi) is 3.99. The zero-order valence-electron chi connectivity index (χ0n) is 11.5. The number of sulfonamides is 1. The van der Waals surface area contributed by atoms with Crippen molar-refractivity contribution in [3.8, 4) is 0 Å². The highest BCUT2D eigenvalue weighted by molar-refractivity contribution is 7.92. The van der Waals surface area contributed by atoms with Gasteiger partial charge in [-0.15, -0.1) is 0 Å². The number of hydrogen-bond donors (Lipinski definition) is 2. The van der Waals surface area contributed by atoms with Crippen molar-refractivity contribution >= 4 is 21.4 Å². The number of nitrogens with zero attached hydrogens (tertiary/aromatic N) is 2. The van der Waals surface area contributed by atoms with Crippen LogP contribution in [-0.2, 0) is 10.0 Å². The first-order valence-electron chi connectivity index (χ1n) is 6.35. The lowest BCUT2D eigenvalue weighted by Crippen LogP contribution is -2.32. The maximum Gasteiger partial charge on any atom is 0.267 e. The first-order chi connectivity index (χ1) is 9.46. The van der Waals surface area contributed by atoms with E-state index in [-0.39, 0.29) is 4.90 Å². The Morgan fingerprint density at radius 2 is 1.95 bits per heavy atom. The lowest BCUT2D eigenvalue weighted by Gasteiger charge is -2.23. The average Bonchev–Trinajstić information content (AvgIpc) is 2.84. The van der Waals surface area contributed by atoms with Gasteiger partial charge in [0.2, 0.25) is 0 Å². The van der Waals surface area contributed by atoms with Gasteiger partial charge in [0.15, 0.2) is 0 Å². The van der Waals surface area contributed by atoms with Crippen molar-refractivity contribution < 1.29 is 8.42 Å². The Balaban J connectivity index is 2.48. The van der Waals surface area contributed by atoms with Gasteiger partial charge >= 0.3 is 0 Å². The van der Waals surface area contributed by atoms with Crippen LogP contribution in [0.2, 0.25) is 0 Å². The van der Waals surface area contributed by atoms with E-state index in [9.17, 15) is 8.42 Å². The first kappa shape index (κ1) is 14.4. The molecular formula is C13H18N4O2S. The molecule has 108 valence electrons. The van der Waals surface area contributed by atoms with E-state index >= 15 is 0 Å². The van der Waals surface area contributed by atoms with E-state index in [1.165, 1.54) is 10.5 Å². The van der Waals surface area contributed by atoms with E-state index < -0.39 is 10.0 Å². The number of hydrogen-bond acceptors (Lipinski definition) is 4. The van der Waals surface area contributed by atoms with E-state index in [2.05, 4.69) is 10.2 Å². The molecule has 0 spiro atoms. The zero-order chi connectivity index (χ0) is 14.8. The SMILES string of the molecule is CCCN(c1ccc(N)cc1)S(=O)(=O)c1cn[nH]c1C. The average molecular weight is 294 g/mol. The molecule has 1 aromatic carbocycles. The largest absolute Gasteiger partial charge is 0.399 e. The van der Waals surface area contributed by atoms with Gasteiger partial charge in [-0.1, -0.05) is 6.92 Å². The van der Waals surface area contributed by atoms with Crippen molar-refractivity contribution in [3.05, 3.63) is 36.2 Å². The summed E-state index contributed by atoms with van der Waals surface area (Å²) in [4.78, 5) is 0.197. The molecule has 3 N–H and O–H groups in total. The van der Waals surface area contributed by atoms with Gasteiger partial charge in [0.05, 0.1) is 17.6 Å². The zero-order valence-corrected chi connectivity index (χ0v) is 12.3. The minimum absolute atomic E-state index is 0.197. The van der Waals surface area contributed by atoms with Crippen LogP contribution in [0.1, 0.15) is 19.0 Å². The summed E-state index contributed by atoms with van der Waals surface area (Å²) in [5.74, 6) is 0. The second kappa shape index (κ2) is 5.54. The first-order valence-corrected chi connectivity index (χ1v) is 7.79. The molecular weight excluding hydrogens is 276 g/mol. The Hall–Kier alpha value is -2.02. The molecule has 7 heteroatoms. The quantitative estimate of drug-likeness (QED) is 0.824. The third-order valence-electron chi connectivity index (χ3n) is 2.96. The second-order valence-corrected chi connectivity index (χ2v) is 6.36. The highest BCUT2D eigenvalue weighted by atomic mass is 32.2. The molecule has 0 bridgehead atoms. The van der Waals surface area contributed by atoms with Crippen LogP contribution in [0, 0.1) is 6.92 Å². The molecule has 0 radical (unpaired) electrons. The van der Waals surface area contributed by atoms with Crippen LogP contribution in [0.5, 0.6) is 0 Å². The van der Waals surface area contributed by atoms with Gasteiger partial charge in [-0.25, -0.2) is 8.42 Å². The van der Waals surface area contributed by atoms with E-state index in [1.54, 1.807) is 31.2 Å². The Bertz CT molecular complexity index is 677. The predicted octanol–water partition coefficient (Wildman–Crippen LogP) is 1.91. The number of nitrogen functional groups attached to an aromatic ring is 1. The van der Waals surface area contributed by atoms with Crippen molar-refractivity contribution in [1.82, 2.24) is 10.2 Å². The van der Waals surface area contributed by atoms with Crippen molar-refractivity contribution in [2.24, 2.45) is 0 Å². The molecule has 0 amide bonds. The van der Waals surface area contributed by atoms with Crippen molar-refractivity contribution in [2.45, 2.75) is 25.2 Å². The van der Waals surface area contributed by atoms with Gasteiger partial charge in [-0.2, -0.15) is 5.10 Å². The lowest BCUT2D eigenvalue weighted by molar-refractivity contribution is 0.589. The summed E-state index contributed by atoms with van der Waals surface area (Å²) in [6.07, 6.45) is 2.05. The van der Waals surface area contributed by atoms with E-state index in [4.69, 9.17) is 5.73 Å². The standard InChI is InChI=1S/C13H18N4O2S/c1-3-8-17(12-6-4-11(14)5-7-12)20(18,19)13-9-15-16-10(13)2/h4-7,9H,3,8,14H2,1-2H3,(H,15,16). The van der Waals surface area contributed by atoms with E-state index in [1.807, 2.05) is 6.92 Å². The van der Waals surface area contributed by atoms with Crippen LogP contribution < -0.4 is 10.0 Å². The molecule has 0 saturated carbocycles. The number of H-pyrrole nitrogens is 1. The van der Waals surface area contributed by atoms with Gasteiger partial charge in [-0.3, -0.25) is 9.40 Å². The minimum Gasteiger partial charge on any atom is -0.399 e. The Labute approximate surface area is 118 Å². The number of benzene rings is 1. The molecule has 0 saturated heterocycles. The molecule has 6 nitrogen and oxygen atoms in total. The molecule has 20 heavy (non-hydrogen) atoms. The summed E-state index contributed by atoms with van der Waals surface area (Å²) in [5, 5.41) is 6.44. The van der Waals surface area contributed by atoms with E-state index in [0.717, 1.165) is 0 Å². The molecule has 0 fully saturated rings. The Morgan fingerprint density at radius 3 is 2.45 bits per heavy atom. The molecule has 2 aromatic rings. The number of aryl methyl sites for hydroxylation is 1. The fraction of sp³-hybridized carbons (Fsp3) is 0.308. The summed E-state index contributed by atoms with van der Waals surface area (Å²) in [6, 6.07) is 6.79. The molecule has 1 heterocycles. The van der Waals surface area contributed by atoms with Crippen LogP contribution in [0.4, 0.5) is 11.4 Å². The van der Waals surface area contributed by atoms with Crippen LogP contribution in [0.25, 0.3) is 0 Å². The summed E-state index contributed by atoms with van der Waals surface area (Å²) >= 11 is 0. The minimum atomic E-state index is -3.62. The van der Waals surface area contributed by atoms with Crippen molar-refractivity contribution in [3.63, 3.8) is 0 Å². The van der Waals surface area contributed by atoms with Gasteiger partial charge in [-0.05, 0) is 37.6 Å². The summed E-state index contributed by atoms with van der Waals surface area (Å²) < 4.78 is 26.8. The highest BCUT2D eigenvalue weighted by Gasteiger charge is 2.27. The molecule has 2 rings (SSSR count). The topological polar surface area (TPSA) is 92.1 Å². The number of aromatic amines is 1. The third-order valence-corrected chi connectivity index (χ3v) is 4.90. The number of nitrogens with two attached hydrogens (primary N) is 1. The number of rotatable bonds is 5. The smallest absolute Gasteiger partial charge is 0.267 e. The van der Waals surface area contributed by atoms with Crippen LogP contribution in [-0.4, -0.2) is 25.2 Å². The second-order valence-electron chi connectivity index (χ2n) is 4.53. The van der Waals surface area contributed by atoms with Crippen molar-refractivity contribution in [2.75, 3.05) is 16.6 Å². The van der Waals surface area contributed by atoms with Gasteiger partial charge in [0, 0.05) is 12.2 Å². The van der Waals surface area contributed by atoms with Gasteiger partial charge in [0.1, 0.15) is 4.90 Å². The summed E-state index contributed by atoms with van der Waals surface area (Å²) in [7, 11) is -3.62. The molecule has 0 aliphatic heterocycles. The fourth-order valence-electron chi connectivity index (χ4n) is 1.95. The van der Waals surface area contributed by atoms with Crippen LogP contribution in [0.3, 0.4) is 0 Å². The van der Waals surface area contributed by atoms with Crippen LogP contribution >= 0.6 is 0 Å². The summed E-state index contributed by atoms with van der Waals surface area (Å²) in [5.41, 5.74) is 7.37. The predicted molar refractivity (Wildman–Crippen MR) is 79.0 cm³/mol. The van der Waals surface area contributed by atoms with Gasteiger partial charge < -0.3 is 5.73 Å². The molecule has 1 aromatic heterocycles. The lowest BCUT2D eigenvalue weighted by atomic mass is 10.3. The normalized spacial score (nSPS) is 11.5. The maximum absolute atomic E-state index is 12.7. The molecule has 0 unspecified atom stereocenters. The monoisotopic (exact) mass is 294 g/mol. The molecule has 0 aliphatic rings. The van der Waals surface area contributed by atoms with E-state index in [0.29, 0.717) is 30.0 Å². The van der Waals surface area contributed by atoms with Crippen LogP contribution in [0.15, 0.2) is 35.4 Å². The third kappa shape index (κ3) is 2.62. The fourth-order valence-corrected chi connectivity index (χ4v) is 3.63. The number of anilines is 2. The molecule has 0 aliphatic carbocycles. The maximum atomic E-state index is 12.7. The Morgan fingerprint density at radius 1 is 1.30 bits per heavy atom. The summed E-state index contributed by atoms with van der Waals surface area (Å²) in [6.45, 7) is 4.02. The molecule has 0 atom stereocenters. The number of nitrogens with one attached hydrogen (secondary N) is 1. The number of aromatic nitrogens is 2. The highest BCUT2D eigenvalue weighted by Crippen LogP contribution is 2.25.